The summed E-state index contributed by atoms with van der Waals surface area (Å²) in [6, 6.07) is 17.1. The number of hydrogen-bond donors (Lipinski definition) is 0. The quantitative estimate of drug-likeness (QED) is 0.606. The second kappa shape index (κ2) is 10.0. The van der Waals surface area contributed by atoms with E-state index in [1.165, 1.54) is 50.1 Å². The maximum absolute atomic E-state index is 11.4. The highest BCUT2D eigenvalue weighted by Gasteiger charge is 2.29. The van der Waals surface area contributed by atoms with E-state index in [-0.39, 0.29) is 0 Å². The van der Waals surface area contributed by atoms with Crippen LogP contribution < -0.4 is 9.80 Å². The van der Waals surface area contributed by atoms with Crippen LogP contribution in [-0.2, 0) is 0 Å². The van der Waals surface area contributed by atoms with Gasteiger partial charge in [-0.3, -0.25) is 4.79 Å². The third kappa shape index (κ3) is 5.30. The highest BCUT2D eigenvalue weighted by Crippen LogP contribution is 2.35. The predicted octanol–water partition coefficient (Wildman–Crippen LogP) is 5.16. The molecule has 2 aliphatic rings. The number of piperidine rings is 2. The van der Waals surface area contributed by atoms with Crippen molar-refractivity contribution in [3.8, 4) is 0 Å². The number of carbonyl (C=O) groups is 1. The van der Waals surface area contributed by atoms with Crippen molar-refractivity contribution in [2.24, 2.45) is 11.8 Å². The molecule has 0 bridgehead atoms. The fraction of sp³-hybridized carbons (Fsp3) is 0.444. The molecule has 2 saturated heterocycles. The third-order valence-electron chi connectivity index (χ3n) is 6.98. The van der Waals surface area contributed by atoms with Gasteiger partial charge in [0.25, 0.3) is 0 Å². The molecule has 0 spiro atoms. The van der Waals surface area contributed by atoms with Crippen molar-refractivity contribution in [1.82, 2.24) is 4.90 Å². The molecule has 0 aliphatic carbocycles. The Morgan fingerprint density at radius 2 is 1.35 bits per heavy atom. The van der Waals surface area contributed by atoms with Crippen LogP contribution in [0, 0.1) is 11.8 Å². The molecule has 0 N–H and O–H groups in total. The van der Waals surface area contributed by atoms with Crippen molar-refractivity contribution in [1.29, 1.82) is 0 Å². The zero-order valence-corrected chi connectivity index (χ0v) is 18.9. The Bertz CT molecular complexity index is 877. The Kier molecular flexibility index (Phi) is 6.96. The molecular formula is C27H35N3O. The summed E-state index contributed by atoms with van der Waals surface area (Å²) < 4.78 is 0. The van der Waals surface area contributed by atoms with Crippen molar-refractivity contribution < 1.29 is 4.79 Å². The van der Waals surface area contributed by atoms with Crippen LogP contribution in [-0.4, -0.2) is 51.5 Å². The SMILES string of the molecule is CN(C)/C=C\c1cc(N2CCC(C3CCN(c4ccccc4)CC3)CC2)ccc1C=O. The van der Waals surface area contributed by atoms with Gasteiger partial charge in [-0.1, -0.05) is 18.2 Å². The summed E-state index contributed by atoms with van der Waals surface area (Å²) in [6.45, 7) is 4.59. The zero-order valence-electron chi connectivity index (χ0n) is 18.9. The Morgan fingerprint density at radius 1 is 0.774 bits per heavy atom. The molecule has 2 aliphatic heterocycles. The van der Waals surface area contributed by atoms with Crippen LogP contribution in [0.25, 0.3) is 6.08 Å². The number of aldehydes is 1. The van der Waals surface area contributed by atoms with E-state index in [0.29, 0.717) is 0 Å². The number of anilines is 2. The summed E-state index contributed by atoms with van der Waals surface area (Å²) in [4.78, 5) is 18.5. The lowest BCUT2D eigenvalue weighted by Crippen LogP contribution is -2.41. The predicted molar refractivity (Wildman–Crippen MR) is 131 cm³/mol. The number of benzene rings is 2. The highest BCUT2D eigenvalue weighted by atomic mass is 16.1. The minimum atomic E-state index is 0.752. The van der Waals surface area contributed by atoms with E-state index in [1.54, 1.807) is 0 Å². The van der Waals surface area contributed by atoms with Crippen LogP contribution in [0.15, 0.2) is 54.7 Å². The largest absolute Gasteiger partial charge is 0.383 e. The summed E-state index contributed by atoms with van der Waals surface area (Å²) in [5, 5.41) is 0. The van der Waals surface area contributed by atoms with Gasteiger partial charge in [0.2, 0.25) is 0 Å². The van der Waals surface area contributed by atoms with Gasteiger partial charge in [-0.05, 0) is 85.7 Å². The Hall–Kier alpha value is -2.75. The monoisotopic (exact) mass is 417 g/mol. The Balaban J connectivity index is 1.33. The van der Waals surface area contributed by atoms with E-state index in [2.05, 4.69) is 52.3 Å². The average molecular weight is 418 g/mol. The van der Waals surface area contributed by atoms with Gasteiger partial charge in [0.05, 0.1) is 0 Å². The maximum Gasteiger partial charge on any atom is 0.150 e. The molecule has 4 nitrogen and oxygen atoms in total. The van der Waals surface area contributed by atoms with E-state index in [0.717, 1.165) is 42.3 Å². The van der Waals surface area contributed by atoms with Crippen molar-refractivity contribution in [3.05, 3.63) is 65.9 Å². The molecule has 0 aromatic heterocycles. The number of nitrogens with zero attached hydrogens (tertiary/aromatic N) is 3. The smallest absolute Gasteiger partial charge is 0.150 e. The van der Waals surface area contributed by atoms with Crippen LogP contribution in [0.1, 0.15) is 41.6 Å². The molecule has 2 heterocycles. The van der Waals surface area contributed by atoms with Gasteiger partial charge < -0.3 is 14.7 Å². The van der Waals surface area contributed by atoms with E-state index in [4.69, 9.17) is 0 Å². The molecular weight excluding hydrogens is 382 g/mol. The number of hydrogen-bond acceptors (Lipinski definition) is 4. The van der Waals surface area contributed by atoms with Crippen LogP contribution >= 0.6 is 0 Å². The fourth-order valence-electron chi connectivity index (χ4n) is 5.14. The van der Waals surface area contributed by atoms with Crippen LogP contribution in [0.4, 0.5) is 11.4 Å². The van der Waals surface area contributed by atoms with Gasteiger partial charge in [0, 0.05) is 57.2 Å². The van der Waals surface area contributed by atoms with Gasteiger partial charge >= 0.3 is 0 Å². The van der Waals surface area contributed by atoms with E-state index < -0.39 is 0 Å². The number of para-hydroxylation sites is 1. The molecule has 0 radical (unpaired) electrons. The first kappa shape index (κ1) is 21.5. The Labute approximate surface area is 187 Å². The first-order valence-electron chi connectivity index (χ1n) is 11.6. The van der Waals surface area contributed by atoms with Gasteiger partial charge in [0.1, 0.15) is 0 Å². The lowest BCUT2D eigenvalue weighted by atomic mass is 9.78. The first-order valence-corrected chi connectivity index (χ1v) is 11.6. The molecule has 2 aromatic carbocycles. The van der Waals surface area contributed by atoms with Gasteiger partial charge in [-0.2, -0.15) is 0 Å². The normalized spacial score (nSPS) is 18.5. The van der Waals surface area contributed by atoms with E-state index in [9.17, 15) is 4.79 Å². The minimum absolute atomic E-state index is 0.752. The maximum atomic E-state index is 11.4. The van der Waals surface area contributed by atoms with Gasteiger partial charge in [-0.15, -0.1) is 0 Å². The van der Waals surface area contributed by atoms with E-state index >= 15 is 0 Å². The first-order chi connectivity index (χ1) is 15.1. The van der Waals surface area contributed by atoms with Crippen LogP contribution in [0.5, 0.6) is 0 Å². The van der Waals surface area contributed by atoms with Gasteiger partial charge in [-0.25, -0.2) is 0 Å². The van der Waals surface area contributed by atoms with Crippen molar-refractivity contribution in [2.45, 2.75) is 25.7 Å². The van der Waals surface area contributed by atoms with Crippen molar-refractivity contribution in [3.63, 3.8) is 0 Å². The highest BCUT2D eigenvalue weighted by molar-refractivity contribution is 5.83. The topological polar surface area (TPSA) is 26.8 Å². The third-order valence-corrected chi connectivity index (χ3v) is 6.98. The lowest BCUT2D eigenvalue weighted by molar-refractivity contribution is 0.112. The second-order valence-electron chi connectivity index (χ2n) is 9.19. The van der Waals surface area contributed by atoms with Gasteiger partial charge in [0.15, 0.2) is 6.29 Å². The molecule has 4 rings (SSSR count). The molecule has 0 saturated carbocycles. The zero-order chi connectivity index (χ0) is 21.6. The Morgan fingerprint density at radius 3 is 1.90 bits per heavy atom. The molecule has 2 aromatic rings. The molecule has 0 amide bonds. The molecule has 164 valence electrons. The molecule has 0 unspecified atom stereocenters. The van der Waals surface area contributed by atoms with Crippen LogP contribution in [0.3, 0.4) is 0 Å². The molecule has 4 heteroatoms. The van der Waals surface area contributed by atoms with Crippen molar-refractivity contribution in [2.75, 3.05) is 50.1 Å². The fourth-order valence-corrected chi connectivity index (χ4v) is 5.14. The number of rotatable bonds is 6. The van der Waals surface area contributed by atoms with Crippen LogP contribution in [0.2, 0.25) is 0 Å². The standard InChI is InChI=1S/C27H35N3O/c1-28(2)15-10-24-20-27(9-8-25(24)21-31)30-18-13-23(14-19-30)22-11-16-29(17-12-22)26-6-4-3-5-7-26/h3-10,15,20-23H,11-14,16-19H2,1-2H3/b15-10-. The number of carbonyl (C=O) groups excluding carboxylic acids is 1. The molecule has 2 fully saturated rings. The lowest BCUT2D eigenvalue weighted by Gasteiger charge is -2.41. The summed E-state index contributed by atoms with van der Waals surface area (Å²) in [6.07, 6.45) is 10.1. The summed E-state index contributed by atoms with van der Waals surface area (Å²) in [5.41, 5.74) is 4.36. The summed E-state index contributed by atoms with van der Waals surface area (Å²) >= 11 is 0. The molecule has 31 heavy (non-hydrogen) atoms. The van der Waals surface area contributed by atoms with E-state index in [1.807, 2.05) is 37.3 Å². The second-order valence-corrected chi connectivity index (χ2v) is 9.19. The average Bonchev–Trinajstić information content (AvgIpc) is 2.83. The summed E-state index contributed by atoms with van der Waals surface area (Å²) in [5.74, 6) is 1.70. The molecule has 0 atom stereocenters. The minimum Gasteiger partial charge on any atom is -0.383 e. The van der Waals surface area contributed by atoms with Crippen molar-refractivity contribution >= 4 is 23.7 Å². The summed E-state index contributed by atoms with van der Waals surface area (Å²) in [7, 11) is 3.99.